The molecule has 1 unspecified atom stereocenters. The van der Waals surface area contributed by atoms with Gasteiger partial charge in [-0.2, -0.15) is 0 Å². The van der Waals surface area contributed by atoms with Crippen LogP contribution in [-0.4, -0.2) is 16.1 Å². The first-order chi connectivity index (χ1) is 8.67. The van der Waals surface area contributed by atoms with Gasteiger partial charge in [0.15, 0.2) is 0 Å². The van der Waals surface area contributed by atoms with E-state index < -0.39 is 0 Å². The molecular weight excluding hydrogens is 246 g/mol. The molecule has 0 bridgehead atoms. The van der Waals surface area contributed by atoms with Gasteiger partial charge < -0.3 is 9.88 Å². The van der Waals surface area contributed by atoms with Crippen LogP contribution in [0.3, 0.4) is 0 Å². The number of aromatic nitrogens is 2. The Labute approximate surface area is 113 Å². The number of nitrogens with zero attached hydrogens (tertiary/aromatic N) is 2. The Hall–Kier alpha value is -1.06. The molecule has 2 aromatic rings. The van der Waals surface area contributed by atoms with Crippen molar-refractivity contribution in [2.45, 2.75) is 39.8 Å². The zero-order valence-electron chi connectivity index (χ0n) is 11.2. The van der Waals surface area contributed by atoms with Crippen LogP contribution in [0.5, 0.6) is 0 Å². The molecule has 98 valence electrons. The average Bonchev–Trinajstić information content (AvgIpc) is 2.73. The van der Waals surface area contributed by atoms with Crippen molar-refractivity contribution in [1.82, 2.24) is 14.9 Å². The van der Waals surface area contributed by atoms with Crippen molar-refractivity contribution in [3.05, 3.63) is 29.0 Å². The molecule has 1 heterocycles. The third kappa shape index (κ3) is 2.52. The lowest BCUT2D eigenvalue weighted by molar-refractivity contribution is 0.521. The predicted molar refractivity (Wildman–Crippen MR) is 77.1 cm³/mol. The van der Waals surface area contributed by atoms with E-state index in [2.05, 4.69) is 30.7 Å². The van der Waals surface area contributed by atoms with Crippen molar-refractivity contribution >= 4 is 22.6 Å². The van der Waals surface area contributed by atoms with Crippen LogP contribution in [0.4, 0.5) is 0 Å². The van der Waals surface area contributed by atoms with Gasteiger partial charge in [-0.15, -0.1) is 0 Å². The molecule has 2 rings (SSSR count). The van der Waals surface area contributed by atoms with Crippen LogP contribution in [-0.2, 0) is 6.54 Å². The number of imidazole rings is 1. The largest absolute Gasteiger partial charge is 0.327 e. The zero-order chi connectivity index (χ0) is 13.1. The van der Waals surface area contributed by atoms with E-state index in [9.17, 15) is 0 Å². The smallest absolute Gasteiger partial charge is 0.126 e. The molecule has 0 radical (unpaired) electrons. The predicted octanol–water partition coefficient (Wildman–Crippen LogP) is 3.77. The lowest BCUT2D eigenvalue weighted by Gasteiger charge is -2.14. The molecule has 0 aliphatic heterocycles. The van der Waals surface area contributed by atoms with E-state index >= 15 is 0 Å². The molecule has 0 amide bonds. The summed E-state index contributed by atoms with van der Waals surface area (Å²) in [7, 11) is 0. The maximum Gasteiger partial charge on any atom is 0.126 e. The third-order valence-corrected chi connectivity index (χ3v) is 3.38. The van der Waals surface area contributed by atoms with Gasteiger partial charge in [0.1, 0.15) is 5.82 Å². The first-order valence-electron chi connectivity index (χ1n) is 6.56. The monoisotopic (exact) mass is 265 g/mol. The van der Waals surface area contributed by atoms with Crippen molar-refractivity contribution in [3.63, 3.8) is 0 Å². The molecule has 0 aliphatic rings. The molecule has 18 heavy (non-hydrogen) atoms. The van der Waals surface area contributed by atoms with Crippen LogP contribution < -0.4 is 5.32 Å². The number of halogens is 1. The molecule has 1 atom stereocenters. The molecular formula is C14H20ClN3. The quantitative estimate of drug-likeness (QED) is 0.892. The standard InChI is InChI=1S/C14H20ClN3/c1-4-8-16-10(3)14-17-12-7-6-11(15)9-13(12)18(14)5-2/h6-7,9-10,16H,4-5,8H2,1-3H3. The fourth-order valence-corrected chi connectivity index (χ4v) is 2.40. The summed E-state index contributed by atoms with van der Waals surface area (Å²) in [4.78, 5) is 4.72. The molecule has 0 spiro atoms. The van der Waals surface area contributed by atoms with Gasteiger partial charge in [0.2, 0.25) is 0 Å². The Morgan fingerprint density at radius 1 is 1.39 bits per heavy atom. The second-order valence-corrected chi connectivity index (χ2v) is 4.96. The third-order valence-electron chi connectivity index (χ3n) is 3.14. The minimum absolute atomic E-state index is 0.260. The first-order valence-corrected chi connectivity index (χ1v) is 6.94. The van der Waals surface area contributed by atoms with Crippen LogP contribution in [0, 0.1) is 0 Å². The van der Waals surface area contributed by atoms with Crippen LogP contribution in [0.25, 0.3) is 11.0 Å². The number of nitrogens with one attached hydrogen (secondary N) is 1. The molecule has 3 nitrogen and oxygen atoms in total. The molecule has 0 fully saturated rings. The maximum atomic E-state index is 6.06. The second-order valence-electron chi connectivity index (χ2n) is 4.52. The van der Waals surface area contributed by atoms with Gasteiger partial charge in [-0.05, 0) is 45.0 Å². The molecule has 1 aromatic carbocycles. The highest BCUT2D eigenvalue weighted by Crippen LogP contribution is 2.23. The maximum absolute atomic E-state index is 6.06. The summed E-state index contributed by atoms with van der Waals surface area (Å²) < 4.78 is 2.23. The fourth-order valence-electron chi connectivity index (χ4n) is 2.23. The fraction of sp³-hybridized carbons (Fsp3) is 0.500. The van der Waals surface area contributed by atoms with E-state index in [0.717, 1.165) is 41.4 Å². The van der Waals surface area contributed by atoms with Crippen molar-refractivity contribution < 1.29 is 0 Å². The number of benzene rings is 1. The molecule has 4 heteroatoms. The van der Waals surface area contributed by atoms with E-state index in [0.29, 0.717) is 0 Å². The molecule has 0 aliphatic carbocycles. The van der Waals surface area contributed by atoms with Crippen molar-refractivity contribution in [2.75, 3.05) is 6.54 Å². The minimum atomic E-state index is 0.260. The number of fused-ring (bicyclic) bond motifs is 1. The Kier molecular flexibility index (Phi) is 4.25. The summed E-state index contributed by atoms with van der Waals surface area (Å²) in [6.45, 7) is 8.38. The van der Waals surface area contributed by atoms with Gasteiger partial charge in [-0.25, -0.2) is 4.98 Å². The van der Waals surface area contributed by atoms with E-state index in [1.165, 1.54) is 0 Å². The molecule has 0 saturated heterocycles. The summed E-state index contributed by atoms with van der Waals surface area (Å²) in [5.74, 6) is 1.09. The molecule has 1 aromatic heterocycles. The second kappa shape index (κ2) is 5.72. The Morgan fingerprint density at radius 2 is 2.17 bits per heavy atom. The van der Waals surface area contributed by atoms with Gasteiger partial charge >= 0.3 is 0 Å². The number of rotatable bonds is 5. The zero-order valence-corrected chi connectivity index (χ0v) is 12.0. The highest BCUT2D eigenvalue weighted by molar-refractivity contribution is 6.31. The van der Waals surface area contributed by atoms with Crippen LogP contribution in [0.15, 0.2) is 18.2 Å². The van der Waals surface area contributed by atoms with Crippen LogP contribution in [0.2, 0.25) is 5.02 Å². The highest BCUT2D eigenvalue weighted by Gasteiger charge is 2.15. The lowest BCUT2D eigenvalue weighted by Crippen LogP contribution is -2.22. The highest BCUT2D eigenvalue weighted by atomic mass is 35.5. The van der Waals surface area contributed by atoms with Gasteiger partial charge in [-0.3, -0.25) is 0 Å². The Morgan fingerprint density at radius 3 is 2.83 bits per heavy atom. The van der Waals surface area contributed by atoms with Crippen molar-refractivity contribution in [2.24, 2.45) is 0 Å². The van der Waals surface area contributed by atoms with Gasteiger partial charge in [0.25, 0.3) is 0 Å². The minimum Gasteiger partial charge on any atom is -0.327 e. The van der Waals surface area contributed by atoms with Gasteiger partial charge in [-0.1, -0.05) is 18.5 Å². The summed E-state index contributed by atoms with van der Waals surface area (Å²) in [6.07, 6.45) is 1.13. The van der Waals surface area contributed by atoms with Crippen molar-refractivity contribution in [1.29, 1.82) is 0 Å². The normalized spacial score (nSPS) is 13.1. The SMILES string of the molecule is CCCNC(C)c1nc2ccc(Cl)cc2n1CC. The van der Waals surface area contributed by atoms with Crippen LogP contribution in [0.1, 0.15) is 39.1 Å². The van der Waals surface area contributed by atoms with E-state index in [1.54, 1.807) is 0 Å². The number of hydrogen-bond donors (Lipinski definition) is 1. The Bertz CT molecular complexity index is 533. The number of hydrogen-bond acceptors (Lipinski definition) is 2. The first kappa shape index (κ1) is 13.4. The summed E-state index contributed by atoms with van der Waals surface area (Å²) in [5, 5.41) is 4.24. The summed E-state index contributed by atoms with van der Waals surface area (Å²) in [5.41, 5.74) is 2.13. The lowest BCUT2D eigenvalue weighted by atomic mass is 10.3. The molecule has 1 N–H and O–H groups in total. The van der Waals surface area contributed by atoms with Gasteiger partial charge in [0.05, 0.1) is 17.1 Å². The average molecular weight is 266 g/mol. The summed E-state index contributed by atoms with van der Waals surface area (Å²) >= 11 is 6.06. The van der Waals surface area contributed by atoms with E-state index in [1.807, 2.05) is 18.2 Å². The Balaban J connectivity index is 2.43. The van der Waals surface area contributed by atoms with E-state index in [-0.39, 0.29) is 6.04 Å². The van der Waals surface area contributed by atoms with Crippen molar-refractivity contribution in [3.8, 4) is 0 Å². The number of aryl methyl sites for hydroxylation is 1. The summed E-state index contributed by atoms with van der Waals surface area (Å²) in [6, 6.07) is 6.13. The van der Waals surface area contributed by atoms with Gasteiger partial charge in [0, 0.05) is 11.6 Å². The van der Waals surface area contributed by atoms with E-state index in [4.69, 9.17) is 16.6 Å². The molecule has 0 saturated carbocycles. The topological polar surface area (TPSA) is 29.9 Å². The van der Waals surface area contributed by atoms with Crippen LogP contribution >= 0.6 is 11.6 Å².